The zero-order valence-electron chi connectivity index (χ0n) is 13.4. The molecule has 1 atom stereocenters. The van der Waals surface area contributed by atoms with E-state index in [1.54, 1.807) is 6.92 Å². The van der Waals surface area contributed by atoms with Crippen LogP contribution in [0.3, 0.4) is 0 Å². The summed E-state index contributed by atoms with van der Waals surface area (Å²) in [5.74, 6) is -1.19. The van der Waals surface area contributed by atoms with Gasteiger partial charge in [0.05, 0.1) is 17.2 Å². The normalized spacial score (nSPS) is 12.5. The van der Waals surface area contributed by atoms with Crippen molar-refractivity contribution in [1.82, 2.24) is 5.32 Å². The minimum absolute atomic E-state index is 0.0298. The summed E-state index contributed by atoms with van der Waals surface area (Å²) < 4.78 is 57.0. The summed E-state index contributed by atoms with van der Waals surface area (Å²) in [5, 5.41) is 2.61. The minimum Gasteiger partial charge on any atom is -0.491 e. The van der Waals surface area contributed by atoms with Crippen molar-refractivity contribution in [3.63, 3.8) is 0 Å². The Hall–Kier alpha value is -2.57. The Morgan fingerprint density at radius 3 is 2.52 bits per heavy atom. The smallest absolute Gasteiger partial charge is 0.416 e. The van der Waals surface area contributed by atoms with Crippen LogP contribution in [0.5, 0.6) is 5.75 Å². The van der Waals surface area contributed by atoms with E-state index in [1.165, 1.54) is 36.4 Å². The standard InChI is InChI=1S/C18H17F4NO2/c1-2-13(23-17(24)15-8-3-4-9-16(15)19)11-25-14-7-5-6-12(10-14)18(20,21)22/h3-10,13H,2,11H2,1H3,(H,23,24). The lowest BCUT2D eigenvalue weighted by Gasteiger charge is -2.18. The maximum absolute atomic E-state index is 13.6. The lowest BCUT2D eigenvalue weighted by Crippen LogP contribution is -2.39. The van der Waals surface area contributed by atoms with Crippen molar-refractivity contribution in [3.05, 3.63) is 65.5 Å². The van der Waals surface area contributed by atoms with Crippen molar-refractivity contribution in [3.8, 4) is 5.75 Å². The second kappa shape index (κ2) is 8.00. The zero-order valence-corrected chi connectivity index (χ0v) is 13.4. The Kier molecular flexibility index (Phi) is 6.01. The number of rotatable bonds is 6. The van der Waals surface area contributed by atoms with Gasteiger partial charge in [0.25, 0.3) is 5.91 Å². The molecule has 1 unspecified atom stereocenters. The molecule has 1 amide bonds. The van der Waals surface area contributed by atoms with E-state index < -0.39 is 29.5 Å². The summed E-state index contributed by atoms with van der Waals surface area (Å²) in [6.45, 7) is 1.75. The summed E-state index contributed by atoms with van der Waals surface area (Å²) in [4.78, 5) is 12.1. The number of hydrogen-bond acceptors (Lipinski definition) is 2. The molecule has 0 radical (unpaired) electrons. The molecule has 0 aliphatic heterocycles. The highest BCUT2D eigenvalue weighted by Gasteiger charge is 2.30. The fraction of sp³-hybridized carbons (Fsp3) is 0.278. The maximum atomic E-state index is 13.6. The van der Waals surface area contributed by atoms with Crippen LogP contribution in [-0.2, 0) is 6.18 Å². The van der Waals surface area contributed by atoms with Gasteiger partial charge < -0.3 is 10.1 Å². The highest BCUT2D eigenvalue weighted by molar-refractivity contribution is 5.94. The van der Waals surface area contributed by atoms with Crippen LogP contribution in [0.2, 0.25) is 0 Å². The Morgan fingerprint density at radius 1 is 1.16 bits per heavy atom. The minimum atomic E-state index is -4.46. The molecule has 25 heavy (non-hydrogen) atoms. The first-order valence-electron chi connectivity index (χ1n) is 7.66. The molecular weight excluding hydrogens is 338 g/mol. The van der Waals surface area contributed by atoms with Gasteiger partial charge in [-0.15, -0.1) is 0 Å². The topological polar surface area (TPSA) is 38.3 Å². The molecule has 0 bridgehead atoms. The largest absolute Gasteiger partial charge is 0.491 e. The molecule has 2 rings (SSSR count). The first-order chi connectivity index (χ1) is 11.8. The molecule has 2 aromatic carbocycles. The number of alkyl halides is 3. The van der Waals surface area contributed by atoms with Gasteiger partial charge in [0, 0.05) is 0 Å². The van der Waals surface area contributed by atoms with Gasteiger partial charge in [-0.1, -0.05) is 25.1 Å². The number of carbonyl (C=O) groups excluding carboxylic acids is 1. The van der Waals surface area contributed by atoms with Crippen molar-refractivity contribution in [2.75, 3.05) is 6.61 Å². The van der Waals surface area contributed by atoms with Crippen molar-refractivity contribution >= 4 is 5.91 Å². The highest BCUT2D eigenvalue weighted by Crippen LogP contribution is 2.31. The molecule has 0 heterocycles. The monoisotopic (exact) mass is 355 g/mol. The molecule has 0 spiro atoms. The lowest BCUT2D eigenvalue weighted by molar-refractivity contribution is -0.137. The fourth-order valence-electron chi connectivity index (χ4n) is 2.13. The Labute approximate surface area is 142 Å². The zero-order chi connectivity index (χ0) is 18.4. The molecule has 0 saturated heterocycles. The molecule has 7 heteroatoms. The van der Waals surface area contributed by atoms with E-state index in [1.807, 2.05) is 0 Å². The SMILES string of the molecule is CCC(COc1cccc(C(F)(F)F)c1)NC(=O)c1ccccc1F. The molecule has 134 valence electrons. The van der Waals surface area contributed by atoms with Crippen LogP contribution in [0, 0.1) is 5.82 Å². The van der Waals surface area contributed by atoms with Crippen LogP contribution in [0.15, 0.2) is 48.5 Å². The molecule has 0 saturated carbocycles. The number of halogens is 4. The molecule has 3 nitrogen and oxygen atoms in total. The third-order valence-electron chi connectivity index (χ3n) is 3.56. The summed E-state index contributed by atoms with van der Waals surface area (Å²) in [6.07, 6.45) is -3.98. The van der Waals surface area contributed by atoms with Crippen LogP contribution < -0.4 is 10.1 Å². The third-order valence-corrected chi connectivity index (χ3v) is 3.56. The van der Waals surface area contributed by atoms with Gasteiger partial charge >= 0.3 is 6.18 Å². The predicted molar refractivity (Wildman–Crippen MR) is 84.9 cm³/mol. The second-order valence-corrected chi connectivity index (χ2v) is 5.40. The third kappa shape index (κ3) is 5.20. The average Bonchev–Trinajstić information content (AvgIpc) is 2.58. The van der Waals surface area contributed by atoms with Crippen molar-refractivity contribution in [2.24, 2.45) is 0 Å². The Balaban J connectivity index is 1.99. The van der Waals surface area contributed by atoms with E-state index in [9.17, 15) is 22.4 Å². The number of amides is 1. The van der Waals surface area contributed by atoms with Gasteiger partial charge in [-0.3, -0.25) is 4.79 Å². The maximum Gasteiger partial charge on any atom is 0.416 e. The van der Waals surface area contributed by atoms with Crippen molar-refractivity contribution in [2.45, 2.75) is 25.6 Å². The highest BCUT2D eigenvalue weighted by atomic mass is 19.4. The first kappa shape index (κ1) is 18.8. The van der Waals surface area contributed by atoms with E-state index in [2.05, 4.69) is 5.32 Å². The lowest BCUT2D eigenvalue weighted by atomic mass is 10.1. The van der Waals surface area contributed by atoms with Crippen LogP contribution >= 0.6 is 0 Å². The Morgan fingerprint density at radius 2 is 1.88 bits per heavy atom. The van der Waals surface area contributed by atoms with Gasteiger partial charge in [-0.25, -0.2) is 4.39 Å². The quantitative estimate of drug-likeness (QED) is 0.779. The molecule has 0 aromatic heterocycles. The van der Waals surface area contributed by atoms with Gasteiger partial charge in [0.1, 0.15) is 18.2 Å². The van der Waals surface area contributed by atoms with E-state index in [0.717, 1.165) is 12.1 Å². The van der Waals surface area contributed by atoms with Gasteiger partial charge in [-0.2, -0.15) is 13.2 Å². The summed E-state index contributed by atoms with van der Waals surface area (Å²) >= 11 is 0. The number of hydrogen-bond donors (Lipinski definition) is 1. The van der Waals surface area contributed by atoms with E-state index >= 15 is 0 Å². The van der Waals surface area contributed by atoms with E-state index in [4.69, 9.17) is 4.74 Å². The number of carbonyl (C=O) groups is 1. The first-order valence-corrected chi connectivity index (χ1v) is 7.66. The second-order valence-electron chi connectivity index (χ2n) is 5.40. The molecular formula is C18H17F4NO2. The summed E-state index contributed by atoms with van der Waals surface area (Å²) in [7, 11) is 0. The van der Waals surface area contributed by atoms with Gasteiger partial charge in [-0.05, 0) is 36.8 Å². The molecule has 0 fully saturated rings. The number of benzene rings is 2. The fourth-order valence-corrected chi connectivity index (χ4v) is 2.13. The van der Waals surface area contributed by atoms with Crippen LogP contribution in [0.4, 0.5) is 17.6 Å². The molecule has 0 aliphatic carbocycles. The van der Waals surface area contributed by atoms with E-state index in [0.29, 0.717) is 6.42 Å². The number of ether oxygens (including phenoxy) is 1. The van der Waals surface area contributed by atoms with Crippen LogP contribution in [0.1, 0.15) is 29.3 Å². The van der Waals surface area contributed by atoms with Crippen molar-refractivity contribution in [1.29, 1.82) is 0 Å². The summed E-state index contributed by atoms with van der Waals surface area (Å²) in [6, 6.07) is 9.56. The van der Waals surface area contributed by atoms with Crippen molar-refractivity contribution < 1.29 is 27.1 Å². The Bertz CT molecular complexity index is 731. The molecule has 0 aliphatic rings. The van der Waals surface area contributed by atoms with Gasteiger partial charge in [0.2, 0.25) is 0 Å². The van der Waals surface area contributed by atoms with Gasteiger partial charge in [0.15, 0.2) is 0 Å². The molecule has 2 aromatic rings. The van der Waals surface area contributed by atoms with Crippen LogP contribution in [-0.4, -0.2) is 18.6 Å². The van der Waals surface area contributed by atoms with E-state index in [-0.39, 0.29) is 17.9 Å². The molecule has 1 N–H and O–H groups in total. The predicted octanol–water partition coefficient (Wildman–Crippen LogP) is 4.43. The summed E-state index contributed by atoms with van der Waals surface area (Å²) in [5.41, 5.74) is -0.909. The average molecular weight is 355 g/mol. The number of nitrogens with one attached hydrogen (secondary N) is 1. The van der Waals surface area contributed by atoms with Crippen LogP contribution in [0.25, 0.3) is 0 Å².